The maximum absolute atomic E-state index is 12.9. The Morgan fingerprint density at radius 1 is 1.45 bits per heavy atom. The van der Waals surface area contributed by atoms with Gasteiger partial charge in [0.15, 0.2) is 0 Å². The number of hydrogen-bond acceptors (Lipinski definition) is 4. The molecular weight excluding hydrogens is 302 g/mol. The second-order valence-electron chi connectivity index (χ2n) is 5.60. The van der Waals surface area contributed by atoms with E-state index in [0.717, 1.165) is 12.8 Å². The molecule has 1 unspecified atom stereocenters. The molecule has 0 spiro atoms. The molecule has 1 saturated heterocycles. The SMILES string of the molecule is Cc1onc(-c2ccccc2Cl)c1C(=O)N1CCCC(N)C1. The maximum Gasteiger partial charge on any atom is 0.259 e. The van der Waals surface area contributed by atoms with E-state index in [1.165, 1.54) is 0 Å². The predicted molar refractivity (Wildman–Crippen MR) is 84.8 cm³/mol. The standard InChI is InChI=1S/C16H18ClN3O2/c1-10-14(16(21)20-8-4-5-11(18)9-20)15(19-22-10)12-6-2-3-7-13(12)17/h2-3,6-7,11H,4-5,8-9,18H2,1H3. The van der Waals surface area contributed by atoms with Crippen LogP contribution in [0.1, 0.15) is 29.0 Å². The summed E-state index contributed by atoms with van der Waals surface area (Å²) in [5.74, 6) is 0.405. The van der Waals surface area contributed by atoms with E-state index in [9.17, 15) is 4.79 Å². The summed E-state index contributed by atoms with van der Waals surface area (Å²) in [6.07, 6.45) is 1.86. The van der Waals surface area contributed by atoms with E-state index < -0.39 is 0 Å². The number of aryl methyl sites for hydroxylation is 1. The van der Waals surface area contributed by atoms with Crippen molar-refractivity contribution in [3.63, 3.8) is 0 Å². The van der Waals surface area contributed by atoms with E-state index in [1.54, 1.807) is 17.9 Å². The lowest BCUT2D eigenvalue weighted by Crippen LogP contribution is -2.45. The summed E-state index contributed by atoms with van der Waals surface area (Å²) in [6, 6.07) is 7.33. The van der Waals surface area contributed by atoms with Gasteiger partial charge >= 0.3 is 0 Å². The molecule has 22 heavy (non-hydrogen) atoms. The summed E-state index contributed by atoms with van der Waals surface area (Å²) in [7, 11) is 0. The van der Waals surface area contributed by atoms with E-state index in [4.69, 9.17) is 21.9 Å². The summed E-state index contributed by atoms with van der Waals surface area (Å²) in [5, 5.41) is 4.59. The minimum atomic E-state index is -0.0937. The third-order valence-corrected chi connectivity index (χ3v) is 4.28. The number of likely N-dealkylation sites (tertiary alicyclic amines) is 1. The van der Waals surface area contributed by atoms with E-state index in [2.05, 4.69) is 5.16 Å². The van der Waals surface area contributed by atoms with Crippen LogP contribution in [0, 0.1) is 6.92 Å². The fourth-order valence-corrected chi connectivity index (χ4v) is 3.04. The van der Waals surface area contributed by atoms with E-state index >= 15 is 0 Å². The van der Waals surface area contributed by atoms with Crippen LogP contribution in [0.4, 0.5) is 0 Å². The first kappa shape index (κ1) is 15.1. The Hall–Kier alpha value is -1.85. The number of piperidine rings is 1. The molecule has 5 nitrogen and oxygen atoms in total. The first-order chi connectivity index (χ1) is 10.6. The van der Waals surface area contributed by atoms with Crippen molar-refractivity contribution in [2.75, 3.05) is 13.1 Å². The van der Waals surface area contributed by atoms with Gasteiger partial charge in [0.2, 0.25) is 0 Å². The van der Waals surface area contributed by atoms with Crippen molar-refractivity contribution in [3.05, 3.63) is 40.6 Å². The number of halogens is 1. The Bertz CT molecular complexity index is 698. The summed E-state index contributed by atoms with van der Waals surface area (Å²) in [4.78, 5) is 14.6. The molecule has 1 aliphatic rings. The van der Waals surface area contributed by atoms with Crippen LogP contribution in [0.15, 0.2) is 28.8 Å². The van der Waals surface area contributed by atoms with E-state index in [0.29, 0.717) is 40.7 Å². The second kappa shape index (κ2) is 6.10. The zero-order valence-electron chi connectivity index (χ0n) is 12.4. The van der Waals surface area contributed by atoms with Crippen LogP contribution in [0.2, 0.25) is 5.02 Å². The van der Waals surface area contributed by atoms with Crippen molar-refractivity contribution in [2.45, 2.75) is 25.8 Å². The van der Waals surface area contributed by atoms with Crippen molar-refractivity contribution >= 4 is 17.5 Å². The average molecular weight is 320 g/mol. The number of aromatic nitrogens is 1. The topological polar surface area (TPSA) is 72.4 Å². The van der Waals surface area contributed by atoms with Crippen molar-refractivity contribution in [2.24, 2.45) is 5.73 Å². The van der Waals surface area contributed by atoms with Gasteiger partial charge < -0.3 is 15.2 Å². The number of rotatable bonds is 2. The molecule has 1 fully saturated rings. The quantitative estimate of drug-likeness (QED) is 0.923. The monoisotopic (exact) mass is 319 g/mol. The van der Waals surface area contributed by atoms with Gasteiger partial charge in [-0.15, -0.1) is 0 Å². The zero-order chi connectivity index (χ0) is 15.7. The Kier molecular flexibility index (Phi) is 4.18. The number of benzene rings is 1. The lowest BCUT2D eigenvalue weighted by atomic mass is 10.0. The van der Waals surface area contributed by atoms with Gasteiger partial charge in [-0.05, 0) is 25.8 Å². The summed E-state index contributed by atoms with van der Waals surface area (Å²) >= 11 is 6.23. The molecule has 1 aliphatic heterocycles. The molecule has 2 heterocycles. The van der Waals surface area contributed by atoms with Crippen LogP contribution >= 0.6 is 11.6 Å². The molecule has 116 valence electrons. The number of amides is 1. The van der Waals surface area contributed by atoms with Gasteiger partial charge in [0.05, 0.1) is 5.02 Å². The van der Waals surface area contributed by atoms with Gasteiger partial charge in [0.25, 0.3) is 5.91 Å². The largest absolute Gasteiger partial charge is 0.360 e. The summed E-state index contributed by atoms with van der Waals surface area (Å²) < 4.78 is 5.26. The average Bonchev–Trinajstić information content (AvgIpc) is 2.88. The van der Waals surface area contributed by atoms with Gasteiger partial charge in [-0.2, -0.15) is 0 Å². The lowest BCUT2D eigenvalue weighted by molar-refractivity contribution is 0.0707. The molecule has 0 radical (unpaired) electrons. The Morgan fingerprint density at radius 2 is 2.23 bits per heavy atom. The fraction of sp³-hybridized carbons (Fsp3) is 0.375. The molecule has 1 aromatic carbocycles. The Morgan fingerprint density at radius 3 is 2.95 bits per heavy atom. The molecule has 2 N–H and O–H groups in total. The first-order valence-corrected chi connectivity index (χ1v) is 7.71. The number of carbonyl (C=O) groups is 1. The highest BCUT2D eigenvalue weighted by Crippen LogP contribution is 2.32. The smallest absolute Gasteiger partial charge is 0.259 e. The summed E-state index contributed by atoms with van der Waals surface area (Å²) in [6.45, 7) is 3.01. The van der Waals surface area contributed by atoms with Crippen LogP contribution in [-0.2, 0) is 0 Å². The van der Waals surface area contributed by atoms with Gasteiger partial charge in [0.1, 0.15) is 17.0 Å². The van der Waals surface area contributed by atoms with Crippen LogP contribution < -0.4 is 5.73 Å². The van der Waals surface area contributed by atoms with Crippen molar-refractivity contribution in [1.29, 1.82) is 0 Å². The molecule has 1 amide bonds. The van der Waals surface area contributed by atoms with E-state index in [-0.39, 0.29) is 11.9 Å². The number of nitrogens with zero attached hydrogens (tertiary/aromatic N) is 2. The molecule has 0 saturated carbocycles. The van der Waals surface area contributed by atoms with Gasteiger partial charge in [-0.25, -0.2) is 0 Å². The zero-order valence-corrected chi connectivity index (χ0v) is 13.1. The molecule has 2 aromatic rings. The number of nitrogens with two attached hydrogens (primary N) is 1. The van der Waals surface area contributed by atoms with Crippen molar-refractivity contribution in [3.8, 4) is 11.3 Å². The molecule has 1 aromatic heterocycles. The highest BCUT2D eigenvalue weighted by molar-refractivity contribution is 6.33. The maximum atomic E-state index is 12.9. The third kappa shape index (κ3) is 2.74. The minimum absolute atomic E-state index is 0.0293. The fourth-order valence-electron chi connectivity index (χ4n) is 2.81. The van der Waals surface area contributed by atoms with Crippen LogP contribution in [0.5, 0.6) is 0 Å². The molecule has 1 atom stereocenters. The summed E-state index contributed by atoms with van der Waals surface area (Å²) in [5.41, 5.74) is 7.64. The Balaban J connectivity index is 1.99. The van der Waals surface area contributed by atoms with Crippen LogP contribution in [0.25, 0.3) is 11.3 Å². The number of hydrogen-bond donors (Lipinski definition) is 1. The molecule has 3 rings (SSSR count). The van der Waals surface area contributed by atoms with Gasteiger partial charge in [-0.1, -0.05) is 35.0 Å². The predicted octanol–water partition coefficient (Wildman–Crippen LogP) is 2.87. The normalized spacial score (nSPS) is 18.5. The minimum Gasteiger partial charge on any atom is -0.360 e. The van der Waals surface area contributed by atoms with Crippen molar-refractivity contribution in [1.82, 2.24) is 10.1 Å². The lowest BCUT2D eigenvalue weighted by Gasteiger charge is -2.30. The first-order valence-electron chi connectivity index (χ1n) is 7.34. The highest BCUT2D eigenvalue weighted by atomic mass is 35.5. The molecule has 6 heteroatoms. The third-order valence-electron chi connectivity index (χ3n) is 3.95. The number of carbonyl (C=O) groups excluding carboxylic acids is 1. The molecule has 0 bridgehead atoms. The molecule has 0 aliphatic carbocycles. The Labute approximate surface area is 134 Å². The second-order valence-corrected chi connectivity index (χ2v) is 6.00. The van der Waals surface area contributed by atoms with Crippen LogP contribution in [-0.4, -0.2) is 35.1 Å². The van der Waals surface area contributed by atoms with E-state index in [1.807, 2.05) is 18.2 Å². The van der Waals surface area contributed by atoms with Crippen molar-refractivity contribution < 1.29 is 9.32 Å². The molecular formula is C16H18ClN3O2. The van der Waals surface area contributed by atoms with Crippen LogP contribution in [0.3, 0.4) is 0 Å². The highest BCUT2D eigenvalue weighted by Gasteiger charge is 2.29. The van der Waals surface area contributed by atoms with Gasteiger partial charge in [0, 0.05) is 24.7 Å². The van der Waals surface area contributed by atoms with Gasteiger partial charge in [-0.3, -0.25) is 4.79 Å².